The average molecular weight is 338 g/mol. The molecular weight excluding hydrogens is 312 g/mol. The van der Waals surface area contributed by atoms with E-state index in [1.807, 2.05) is 30.3 Å². The van der Waals surface area contributed by atoms with Crippen LogP contribution >= 0.6 is 0 Å². The molecule has 25 heavy (non-hydrogen) atoms. The molecule has 1 saturated heterocycles. The normalized spacial score (nSPS) is 13.9. The molecule has 1 N–H and O–H groups in total. The average Bonchev–Trinajstić information content (AvgIpc) is 3.20. The number of nitrogens with one attached hydrogen (secondary N) is 1. The Bertz CT molecular complexity index is 693. The molecular formula is C20H26N4O. The summed E-state index contributed by atoms with van der Waals surface area (Å²) in [5, 5.41) is 2.97. The van der Waals surface area contributed by atoms with E-state index >= 15 is 0 Å². The lowest BCUT2D eigenvalue weighted by Crippen LogP contribution is -2.24. The molecule has 5 nitrogen and oxygen atoms in total. The number of hydrogen-bond donors (Lipinski definition) is 1. The summed E-state index contributed by atoms with van der Waals surface area (Å²) in [6.45, 7) is 5.02. The van der Waals surface area contributed by atoms with Gasteiger partial charge in [-0.3, -0.25) is 4.79 Å². The first-order chi connectivity index (χ1) is 12.3. The highest BCUT2D eigenvalue weighted by molar-refractivity contribution is 5.94. The van der Waals surface area contributed by atoms with Gasteiger partial charge in [0.15, 0.2) is 0 Å². The molecule has 1 aromatic carbocycles. The van der Waals surface area contributed by atoms with Gasteiger partial charge in [0.1, 0.15) is 12.1 Å². The van der Waals surface area contributed by atoms with E-state index in [1.165, 1.54) is 12.8 Å². The van der Waals surface area contributed by atoms with Crippen molar-refractivity contribution in [1.82, 2.24) is 15.3 Å². The number of benzene rings is 1. The Morgan fingerprint density at radius 1 is 1.12 bits per heavy atom. The summed E-state index contributed by atoms with van der Waals surface area (Å²) in [4.78, 5) is 23.2. The summed E-state index contributed by atoms with van der Waals surface area (Å²) in [6.07, 6.45) is 7.40. The van der Waals surface area contributed by atoms with Crippen molar-refractivity contribution in [2.75, 3.05) is 24.5 Å². The van der Waals surface area contributed by atoms with Gasteiger partial charge >= 0.3 is 0 Å². The molecule has 1 fully saturated rings. The van der Waals surface area contributed by atoms with Gasteiger partial charge in [-0.2, -0.15) is 0 Å². The Labute approximate surface area is 149 Å². The lowest BCUT2D eigenvalue weighted by Gasteiger charge is -2.16. The van der Waals surface area contributed by atoms with Crippen LogP contribution in [0.3, 0.4) is 0 Å². The van der Waals surface area contributed by atoms with E-state index in [2.05, 4.69) is 27.1 Å². The molecule has 2 aromatic rings. The van der Waals surface area contributed by atoms with E-state index < -0.39 is 0 Å². The summed E-state index contributed by atoms with van der Waals surface area (Å²) in [7, 11) is 0. The molecule has 1 aliphatic rings. The second-order valence-electron chi connectivity index (χ2n) is 6.50. The van der Waals surface area contributed by atoms with Crippen molar-refractivity contribution in [3.63, 3.8) is 0 Å². The number of aromatic nitrogens is 2. The standard InChI is InChI=1S/C20H26N4O/c1-2-3-4-11-21-20(25)17-9-7-16(8-10-17)18-14-19(23-15-22-18)24-12-5-6-13-24/h7-10,14-15H,2-6,11-13H2,1H3,(H,21,25). The SMILES string of the molecule is CCCCCNC(=O)c1ccc(-c2cc(N3CCCC3)ncn2)cc1. The van der Waals surface area contributed by atoms with Crippen LogP contribution in [-0.2, 0) is 0 Å². The maximum absolute atomic E-state index is 12.1. The molecule has 0 radical (unpaired) electrons. The lowest BCUT2D eigenvalue weighted by molar-refractivity contribution is 0.0953. The third-order valence-corrected chi connectivity index (χ3v) is 4.59. The van der Waals surface area contributed by atoms with Crippen molar-refractivity contribution in [2.45, 2.75) is 39.0 Å². The van der Waals surface area contributed by atoms with Crippen LogP contribution in [0.2, 0.25) is 0 Å². The quantitative estimate of drug-likeness (QED) is 0.783. The Balaban J connectivity index is 1.65. The minimum atomic E-state index is -0.0110. The highest BCUT2D eigenvalue weighted by Crippen LogP contribution is 2.23. The van der Waals surface area contributed by atoms with Crippen molar-refractivity contribution in [2.24, 2.45) is 0 Å². The minimum Gasteiger partial charge on any atom is -0.357 e. The number of anilines is 1. The molecule has 1 aromatic heterocycles. The Morgan fingerprint density at radius 3 is 2.60 bits per heavy atom. The fourth-order valence-electron chi connectivity index (χ4n) is 3.10. The van der Waals surface area contributed by atoms with Gasteiger partial charge in [0.05, 0.1) is 5.69 Å². The maximum atomic E-state index is 12.1. The third-order valence-electron chi connectivity index (χ3n) is 4.59. The topological polar surface area (TPSA) is 58.1 Å². The van der Waals surface area contributed by atoms with Gasteiger partial charge < -0.3 is 10.2 Å². The van der Waals surface area contributed by atoms with Crippen molar-refractivity contribution in [3.8, 4) is 11.3 Å². The Hall–Kier alpha value is -2.43. The largest absolute Gasteiger partial charge is 0.357 e. The number of rotatable bonds is 7. The molecule has 0 aliphatic carbocycles. The number of amides is 1. The van der Waals surface area contributed by atoms with Crippen LogP contribution in [0.15, 0.2) is 36.7 Å². The maximum Gasteiger partial charge on any atom is 0.251 e. The smallest absolute Gasteiger partial charge is 0.251 e. The van der Waals surface area contributed by atoms with E-state index in [4.69, 9.17) is 0 Å². The number of carbonyl (C=O) groups is 1. The highest BCUT2D eigenvalue weighted by Gasteiger charge is 2.14. The number of hydrogen-bond acceptors (Lipinski definition) is 4. The second-order valence-corrected chi connectivity index (χ2v) is 6.50. The predicted molar refractivity (Wildman–Crippen MR) is 101 cm³/mol. The predicted octanol–water partition coefficient (Wildman–Crippen LogP) is 3.66. The molecule has 5 heteroatoms. The van der Waals surface area contributed by atoms with Gasteiger partial charge in [-0.05, 0) is 31.4 Å². The van der Waals surface area contributed by atoms with E-state index in [1.54, 1.807) is 6.33 Å². The van der Waals surface area contributed by atoms with E-state index in [-0.39, 0.29) is 5.91 Å². The molecule has 3 rings (SSSR count). The minimum absolute atomic E-state index is 0.0110. The van der Waals surface area contributed by atoms with Crippen LogP contribution in [-0.4, -0.2) is 35.5 Å². The first-order valence-electron chi connectivity index (χ1n) is 9.23. The Morgan fingerprint density at radius 2 is 1.88 bits per heavy atom. The summed E-state index contributed by atoms with van der Waals surface area (Å²) >= 11 is 0. The van der Waals surface area contributed by atoms with Crippen molar-refractivity contribution < 1.29 is 4.79 Å². The molecule has 0 atom stereocenters. The fraction of sp³-hybridized carbons (Fsp3) is 0.450. The van der Waals surface area contributed by atoms with Crippen LogP contribution in [0.5, 0.6) is 0 Å². The second kappa shape index (κ2) is 8.60. The number of unbranched alkanes of at least 4 members (excludes halogenated alkanes) is 2. The van der Waals surface area contributed by atoms with Crippen LogP contribution in [0.1, 0.15) is 49.4 Å². The van der Waals surface area contributed by atoms with Crippen LogP contribution < -0.4 is 10.2 Å². The molecule has 0 unspecified atom stereocenters. The van der Waals surface area contributed by atoms with Gasteiger partial charge in [0.25, 0.3) is 5.91 Å². The molecule has 0 saturated carbocycles. The highest BCUT2D eigenvalue weighted by atomic mass is 16.1. The molecule has 2 heterocycles. The molecule has 0 spiro atoms. The molecule has 1 aliphatic heterocycles. The lowest BCUT2D eigenvalue weighted by atomic mass is 10.1. The first-order valence-corrected chi connectivity index (χ1v) is 9.23. The molecule has 132 valence electrons. The summed E-state index contributed by atoms with van der Waals surface area (Å²) in [6, 6.07) is 9.67. The first kappa shape index (κ1) is 17.4. The Kier molecular flexibility index (Phi) is 5.99. The van der Waals surface area contributed by atoms with E-state index in [9.17, 15) is 4.79 Å². The van der Waals surface area contributed by atoms with Gasteiger partial charge in [0, 0.05) is 36.8 Å². The third kappa shape index (κ3) is 4.56. The van der Waals surface area contributed by atoms with Gasteiger partial charge in [-0.15, -0.1) is 0 Å². The van der Waals surface area contributed by atoms with Crippen molar-refractivity contribution in [1.29, 1.82) is 0 Å². The van der Waals surface area contributed by atoms with Crippen LogP contribution in [0.25, 0.3) is 11.3 Å². The zero-order valence-electron chi connectivity index (χ0n) is 14.9. The van der Waals surface area contributed by atoms with Gasteiger partial charge in [-0.1, -0.05) is 31.9 Å². The molecule has 1 amide bonds. The summed E-state index contributed by atoms with van der Waals surface area (Å²) in [5.74, 6) is 0.975. The molecule has 0 bridgehead atoms. The van der Waals surface area contributed by atoms with Gasteiger partial charge in [-0.25, -0.2) is 9.97 Å². The van der Waals surface area contributed by atoms with Crippen molar-refractivity contribution >= 4 is 11.7 Å². The van der Waals surface area contributed by atoms with E-state index in [0.717, 1.165) is 56.0 Å². The van der Waals surface area contributed by atoms with Gasteiger partial charge in [0.2, 0.25) is 0 Å². The van der Waals surface area contributed by atoms with Crippen LogP contribution in [0.4, 0.5) is 5.82 Å². The number of nitrogens with zero attached hydrogens (tertiary/aromatic N) is 3. The monoisotopic (exact) mass is 338 g/mol. The van der Waals surface area contributed by atoms with Crippen LogP contribution in [0, 0.1) is 0 Å². The van der Waals surface area contributed by atoms with Crippen molar-refractivity contribution in [3.05, 3.63) is 42.2 Å². The fourth-order valence-corrected chi connectivity index (χ4v) is 3.10. The zero-order valence-corrected chi connectivity index (χ0v) is 14.9. The zero-order chi connectivity index (χ0) is 17.5. The van der Waals surface area contributed by atoms with E-state index in [0.29, 0.717) is 5.56 Å². The number of carbonyl (C=O) groups excluding carboxylic acids is 1. The summed E-state index contributed by atoms with van der Waals surface area (Å²) in [5.41, 5.74) is 2.59. The summed E-state index contributed by atoms with van der Waals surface area (Å²) < 4.78 is 0.